The lowest BCUT2D eigenvalue weighted by Crippen LogP contribution is -2.06. The third kappa shape index (κ3) is 4.86. The zero-order valence-corrected chi connectivity index (χ0v) is 16.2. The number of ether oxygens (including phenoxy) is 2. The van der Waals surface area contributed by atoms with Crippen molar-refractivity contribution in [2.75, 3.05) is 0 Å². The number of aryl methyl sites for hydroxylation is 2. The fourth-order valence-corrected chi connectivity index (χ4v) is 2.86. The summed E-state index contributed by atoms with van der Waals surface area (Å²) in [6, 6.07) is 20.6. The molecule has 3 aromatic rings. The van der Waals surface area contributed by atoms with Gasteiger partial charge in [-0.05, 0) is 60.4 Å². The number of hydrogen-bond donors (Lipinski definition) is 0. The Morgan fingerprint density at radius 1 is 0.821 bits per heavy atom. The quantitative estimate of drug-likeness (QED) is 0.452. The van der Waals surface area contributed by atoms with Gasteiger partial charge in [-0.25, -0.2) is 4.79 Å². The Morgan fingerprint density at radius 3 is 2.04 bits per heavy atom. The minimum atomic E-state index is -0.350. The first-order valence-corrected chi connectivity index (χ1v) is 9.04. The van der Waals surface area contributed by atoms with Crippen molar-refractivity contribution in [3.8, 4) is 16.9 Å². The van der Waals surface area contributed by atoms with E-state index in [1.807, 2.05) is 56.3 Å². The van der Waals surface area contributed by atoms with Crippen LogP contribution in [0.1, 0.15) is 34.0 Å². The van der Waals surface area contributed by atoms with Gasteiger partial charge in [-0.15, -0.1) is 0 Å². The Balaban J connectivity index is 1.65. The second-order valence-electron chi connectivity index (χ2n) is 6.70. The van der Waals surface area contributed by atoms with E-state index < -0.39 is 0 Å². The van der Waals surface area contributed by atoms with Crippen LogP contribution >= 0.6 is 0 Å². The van der Waals surface area contributed by atoms with Crippen LogP contribution in [0.15, 0.2) is 66.7 Å². The molecule has 0 aliphatic rings. The van der Waals surface area contributed by atoms with Crippen molar-refractivity contribution in [2.45, 2.75) is 27.4 Å². The molecule has 0 atom stereocenters. The smallest absolute Gasteiger partial charge is 0.338 e. The monoisotopic (exact) mass is 374 g/mol. The molecule has 0 spiro atoms. The van der Waals surface area contributed by atoms with Gasteiger partial charge in [0, 0.05) is 6.92 Å². The largest absolute Gasteiger partial charge is 0.457 e. The minimum Gasteiger partial charge on any atom is -0.457 e. The van der Waals surface area contributed by atoms with Gasteiger partial charge in [-0.1, -0.05) is 48.0 Å². The van der Waals surface area contributed by atoms with Crippen LogP contribution in [0.4, 0.5) is 0 Å². The zero-order chi connectivity index (χ0) is 20.1. The summed E-state index contributed by atoms with van der Waals surface area (Å²) in [6.07, 6.45) is 0. The first kappa shape index (κ1) is 19.4. The van der Waals surface area contributed by atoms with E-state index >= 15 is 0 Å². The molecule has 0 saturated heterocycles. The molecule has 3 rings (SSSR count). The van der Waals surface area contributed by atoms with Crippen molar-refractivity contribution in [1.29, 1.82) is 0 Å². The summed E-state index contributed by atoms with van der Waals surface area (Å²) in [4.78, 5) is 23.3. The number of esters is 2. The Hall–Kier alpha value is -3.40. The third-order valence-electron chi connectivity index (χ3n) is 4.43. The highest BCUT2D eigenvalue weighted by atomic mass is 16.5. The Kier molecular flexibility index (Phi) is 5.90. The molecule has 0 aromatic heterocycles. The van der Waals surface area contributed by atoms with Crippen LogP contribution in [-0.2, 0) is 16.1 Å². The lowest BCUT2D eigenvalue weighted by molar-refractivity contribution is -0.131. The first-order valence-electron chi connectivity index (χ1n) is 9.04. The van der Waals surface area contributed by atoms with E-state index in [0.717, 1.165) is 27.8 Å². The normalized spacial score (nSPS) is 10.4. The fraction of sp³-hybridized carbons (Fsp3) is 0.167. The van der Waals surface area contributed by atoms with E-state index in [0.29, 0.717) is 11.3 Å². The highest BCUT2D eigenvalue weighted by molar-refractivity contribution is 5.90. The number of rotatable bonds is 5. The lowest BCUT2D eigenvalue weighted by atomic mass is 10.0. The number of carbonyl (C=O) groups is 2. The molecule has 0 unspecified atom stereocenters. The summed E-state index contributed by atoms with van der Waals surface area (Å²) < 4.78 is 10.5. The summed E-state index contributed by atoms with van der Waals surface area (Å²) in [7, 11) is 0. The van der Waals surface area contributed by atoms with Gasteiger partial charge in [0.1, 0.15) is 12.4 Å². The summed E-state index contributed by atoms with van der Waals surface area (Å²) in [6.45, 7) is 5.64. The SMILES string of the molecule is CC(=O)Oc1ccc(-c2ccc(C(=O)OCc3cc(C)ccc3C)cc2)cc1. The van der Waals surface area contributed by atoms with Gasteiger partial charge in [-0.3, -0.25) is 4.79 Å². The highest BCUT2D eigenvalue weighted by Gasteiger charge is 2.09. The molecular formula is C24H22O4. The highest BCUT2D eigenvalue weighted by Crippen LogP contribution is 2.23. The van der Waals surface area contributed by atoms with Gasteiger partial charge in [0.15, 0.2) is 0 Å². The average Bonchev–Trinajstić information content (AvgIpc) is 2.69. The number of hydrogen-bond acceptors (Lipinski definition) is 4. The van der Waals surface area contributed by atoms with Crippen LogP contribution in [0, 0.1) is 13.8 Å². The van der Waals surface area contributed by atoms with Crippen molar-refractivity contribution in [3.05, 3.63) is 89.0 Å². The molecule has 0 saturated carbocycles. The maximum Gasteiger partial charge on any atom is 0.338 e. The molecule has 0 N–H and O–H groups in total. The van der Waals surface area contributed by atoms with Gasteiger partial charge in [-0.2, -0.15) is 0 Å². The van der Waals surface area contributed by atoms with Gasteiger partial charge < -0.3 is 9.47 Å². The molecule has 4 heteroatoms. The first-order chi connectivity index (χ1) is 13.4. The minimum absolute atomic E-state index is 0.256. The Bertz CT molecular complexity index is 986. The summed E-state index contributed by atoms with van der Waals surface area (Å²) in [5, 5.41) is 0. The van der Waals surface area contributed by atoms with Crippen molar-refractivity contribution >= 4 is 11.9 Å². The van der Waals surface area contributed by atoms with Crippen LogP contribution < -0.4 is 4.74 Å². The Labute approximate surface area is 164 Å². The second-order valence-corrected chi connectivity index (χ2v) is 6.70. The molecule has 28 heavy (non-hydrogen) atoms. The third-order valence-corrected chi connectivity index (χ3v) is 4.43. The maximum atomic E-state index is 12.3. The lowest BCUT2D eigenvalue weighted by Gasteiger charge is -2.09. The molecule has 4 nitrogen and oxygen atoms in total. The van der Waals surface area contributed by atoms with E-state index in [1.165, 1.54) is 6.92 Å². The van der Waals surface area contributed by atoms with Crippen LogP contribution in [0.25, 0.3) is 11.1 Å². The molecule has 0 heterocycles. The van der Waals surface area contributed by atoms with Crippen LogP contribution in [0.3, 0.4) is 0 Å². The summed E-state index contributed by atoms with van der Waals surface area (Å²) in [5.41, 5.74) is 5.68. The Morgan fingerprint density at radius 2 is 1.43 bits per heavy atom. The standard InChI is InChI=1S/C24H22O4/c1-16-4-5-17(2)22(14-16)15-27-24(26)21-8-6-19(7-9-21)20-10-12-23(13-11-20)28-18(3)25/h4-14H,15H2,1-3H3. The van der Waals surface area contributed by atoms with Crippen LogP contribution in [0.5, 0.6) is 5.75 Å². The summed E-state index contributed by atoms with van der Waals surface area (Å²) >= 11 is 0. The molecular weight excluding hydrogens is 352 g/mol. The van der Waals surface area contributed by atoms with Crippen molar-refractivity contribution in [1.82, 2.24) is 0 Å². The molecule has 0 radical (unpaired) electrons. The topological polar surface area (TPSA) is 52.6 Å². The van der Waals surface area contributed by atoms with Gasteiger partial charge in [0.05, 0.1) is 5.56 Å². The molecule has 0 aliphatic carbocycles. The predicted molar refractivity (Wildman–Crippen MR) is 108 cm³/mol. The van der Waals surface area contributed by atoms with Crippen molar-refractivity contribution < 1.29 is 19.1 Å². The molecule has 3 aromatic carbocycles. The molecule has 0 amide bonds. The zero-order valence-electron chi connectivity index (χ0n) is 16.2. The average molecular weight is 374 g/mol. The van der Waals surface area contributed by atoms with Gasteiger partial charge in [0.2, 0.25) is 0 Å². The van der Waals surface area contributed by atoms with E-state index in [2.05, 4.69) is 0 Å². The van der Waals surface area contributed by atoms with Crippen LogP contribution in [-0.4, -0.2) is 11.9 Å². The number of carbonyl (C=O) groups excluding carboxylic acids is 2. The second kappa shape index (κ2) is 8.53. The van der Waals surface area contributed by atoms with Gasteiger partial charge >= 0.3 is 11.9 Å². The molecule has 0 bridgehead atoms. The van der Waals surface area contributed by atoms with Gasteiger partial charge in [0.25, 0.3) is 0 Å². The van der Waals surface area contributed by atoms with Crippen molar-refractivity contribution in [2.24, 2.45) is 0 Å². The van der Waals surface area contributed by atoms with Crippen molar-refractivity contribution in [3.63, 3.8) is 0 Å². The predicted octanol–water partition coefficient (Wildman–Crippen LogP) is 5.25. The molecule has 0 aliphatic heterocycles. The maximum absolute atomic E-state index is 12.3. The van der Waals surface area contributed by atoms with E-state index in [9.17, 15) is 9.59 Å². The fourth-order valence-electron chi connectivity index (χ4n) is 2.86. The summed E-state index contributed by atoms with van der Waals surface area (Å²) in [5.74, 6) is -0.197. The molecule has 0 fully saturated rings. The van der Waals surface area contributed by atoms with E-state index in [4.69, 9.17) is 9.47 Å². The van der Waals surface area contributed by atoms with Crippen LogP contribution in [0.2, 0.25) is 0 Å². The number of benzene rings is 3. The van der Waals surface area contributed by atoms with E-state index in [-0.39, 0.29) is 18.5 Å². The van der Waals surface area contributed by atoms with E-state index in [1.54, 1.807) is 24.3 Å². The molecule has 142 valence electrons.